The minimum atomic E-state index is -1.15. The number of nitrogens with one attached hydrogen (secondary N) is 1. The Kier molecular flexibility index (Phi) is 4.69. The van der Waals surface area contributed by atoms with E-state index >= 15 is 0 Å². The molecular formula is C11H13F2NO2. The lowest BCUT2D eigenvalue weighted by Gasteiger charge is -2.11. The van der Waals surface area contributed by atoms with Gasteiger partial charge >= 0.3 is 0 Å². The molecule has 1 aromatic carbocycles. The molecule has 1 aromatic rings. The molecule has 0 fully saturated rings. The number of hydrogen-bond acceptors (Lipinski definition) is 2. The fourth-order valence-corrected chi connectivity index (χ4v) is 1.12. The van der Waals surface area contributed by atoms with Gasteiger partial charge in [0.2, 0.25) is 0 Å². The molecule has 0 radical (unpaired) electrons. The summed E-state index contributed by atoms with van der Waals surface area (Å²) in [6, 6.07) is 3.72. The van der Waals surface area contributed by atoms with Crippen LogP contribution < -0.4 is 10.1 Å². The Morgan fingerprint density at radius 1 is 1.50 bits per heavy atom. The highest BCUT2D eigenvalue weighted by Gasteiger charge is 2.08. The third kappa shape index (κ3) is 3.49. The van der Waals surface area contributed by atoms with Crippen molar-refractivity contribution in [1.29, 1.82) is 0 Å². The molecule has 0 aromatic heterocycles. The second kappa shape index (κ2) is 6.05. The van der Waals surface area contributed by atoms with Crippen molar-refractivity contribution < 1.29 is 18.3 Å². The van der Waals surface area contributed by atoms with E-state index in [1.54, 1.807) is 0 Å². The number of anilines is 1. The van der Waals surface area contributed by atoms with Crippen molar-refractivity contribution in [2.75, 3.05) is 18.6 Å². The SMILES string of the molecule is CCCOc1ccc(F)cc1NC(=O)CF. The molecule has 16 heavy (non-hydrogen) atoms. The first-order valence-corrected chi connectivity index (χ1v) is 4.95. The molecule has 0 bridgehead atoms. The van der Waals surface area contributed by atoms with Gasteiger partial charge in [0.1, 0.15) is 11.6 Å². The Balaban J connectivity index is 2.84. The molecule has 1 N–H and O–H groups in total. The molecule has 0 aliphatic heterocycles. The van der Waals surface area contributed by atoms with Crippen LogP contribution in [0.15, 0.2) is 18.2 Å². The quantitative estimate of drug-likeness (QED) is 0.842. The van der Waals surface area contributed by atoms with Crippen LogP contribution in [0.5, 0.6) is 5.75 Å². The first-order valence-electron chi connectivity index (χ1n) is 4.95. The summed E-state index contributed by atoms with van der Waals surface area (Å²) in [6.45, 7) is 1.22. The first kappa shape index (κ1) is 12.4. The number of rotatable bonds is 5. The predicted molar refractivity (Wildman–Crippen MR) is 56.8 cm³/mol. The van der Waals surface area contributed by atoms with E-state index in [-0.39, 0.29) is 5.69 Å². The summed E-state index contributed by atoms with van der Waals surface area (Å²) >= 11 is 0. The lowest BCUT2D eigenvalue weighted by atomic mass is 10.2. The molecule has 0 saturated heterocycles. The van der Waals surface area contributed by atoms with Gasteiger partial charge in [-0.15, -0.1) is 0 Å². The third-order valence-electron chi connectivity index (χ3n) is 1.80. The maximum Gasteiger partial charge on any atom is 0.255 e. The molecule has 0 saturated carbocycles. The molecule has 0 unspecified atom stereocenters. The van der Waals surface area contributed by atoms with Gasteiger partial charge in [-0.2, -0.15) is 0 Å². The van der Waals surface area contributed by atoms with Gasteiger partial charge in [-0.3, -0.25) is 4.79 Å². The van der Waals surface area contributed by atoms with E-state index in [9.17, 15) is 13.6 Å². The molecule has 1 amide bonds. The molecular weight excluding hydrogens is 216 g/mol. The van der Waals surface area contributed by atoms with Crippen LogP contribution in [0.4, 0.5) is 14.5 Å². The zero-order valence-corrected chi connectivity index (χ0v) is 8.93. The second-order valence-corrected chi connectivity index (χ2v) is 3.17. The Hall–Kier alpha value is -1.65. The maximum absolute atomic E-state index is 12.9. The van der Waals surface area contributed by atoms with Gasteiger partial charge in [-0.05, 0) is 18.6 Å². The fourth-order valence-electron chi connectivity index (χ4n) is 1.12. The van der Waals surface area contributed by atoms with Crippen LogP contribution in [0.2, 0.25) is 0 Å². The van der Waals surface area contributed by atoms with Crippen LogP contribution >= 0.6 is 0 Å². The van der Waals surface area contributed by atoms with Crippen LogP contribution in [0.1, 0.15) is 13.3 Å². The van der Waals surface area contributed by atoms with Crippen molar-refractivity contribution in [3.05, 3.63) is 24.0 Å². The standard InChI is InChI=1S/C11H13F2NO2/c1-2-5-16-10-4-3-8(13)6-9(10)14-11(15)7-12/h3-4,6H,2,5,7H2,1H3,(H,14,15). The number of carbonyl (C=O) groups is 1. The molecule has 0 aliphatic rings. The lowest BCUT2D eigenvalue weighted by Crippen LogP contribution is -2.14. The molecule has 0 aliphatic carbocycles. The van der Waals surface area contributed by atoms with Crippen LogP contribution in [-0.4, -0.2) is 19.2 Å². The minimum Gasteiger partial charge on any atom is -0.491 e. The molecule has 3 nitrogen and oxygen atoms in total. The number of hydrogen-bond donors (Lipinski definition) is 1. The van der Waals surface area contributed by atoms with Crippen molar-refractivity contribution in [2.24, 2.45) is 0 Å². The molecule has 1 rings (SSSR count). The van der Waals surface area contributed by atoms with Gasteiger partial charge in [-0.1, -0.05) is 6.92 Å². The Morgan fingerprint density at radius 3 is 2.88 bits per heavy atom. The van der Waals surface area contributed by atoms with Gasteiger partial charge in [0.05, 0.1) is 12.3 Å². The number of alkyl halides is 1. The number of benzene rings is 1. The Morgan fingerprint density at radius 2 is 2.25 bits per heavy atom. The minimum absolute atomic E-state index is 0.149. The Bertz CT molecular complexity index is 369. The van der Waals surface area contributed by atoms with E-state index < -0.39 is 18.4 Å². The van der Waals surface area contributed by atoms with Crippen LogP contribution in [0.3, 0.4) is 0 Å². The van der Waals surface area contributed by atoms with E-state index in [0.29, 0.717) is 12.4 Å². The molecule has 0 heterocycles. The lowest BCUT2D eigenvalue weighted by molar-refractivity contribution is -0.117. The topological polar surface area (TPSA) is 38.3 Å². The van der Waals surface area contributed by atoms with Gasteiger partial charge in [0.15, 0.2) is 6.67 Å². The summed E-state index contributed by atoms with van der Waals surface area (Å²) in [6.07, 6.45) is 0.786. The highest BCUT2D eigenvalue weighted by molar-refractivity contribution is 5.93. The fraction of sp³-hybridized carbons (Fsp3) is 0.364. The smallest absolute Gasteiger partial charge is 0.255 e. The van der Waals surface area contributed by atoms with E-state index in [4.69, 9.17) is 4.74 Å². The van der Waals surface area contributed by atoms with Gasteiger partial charge in [-0.25, -0.2) is 8.78 Å². The number of ether oxygens (including phenoxy) is 1. The highest BCUT2D eigenvalue weighted by Crippen LogP contribution is 2.25. The predicted octanol–water partition coefficient (Wildman–Crippen LogP) is 2.52. The van der Waals surface area contributed by atoms with E-state index in [0.717, 1.165) is 12.5 Å². The van der Waals surface area contributed by atoms with Gasteiger partial charge < -0.3 is 10.1 Å². The van der Waals surface area contributed by atoms with Crippen molar-refractivity contribution in [3.8, 4) is 5.75 Å². The average molecular weight is 229 g/mol. The monoisotopic (exact) mass is 229 g/mol. The summed E-state index contributed by atoms with van der Waals surface area (Å²) in [5, 5.41) is 2.23. The van der Waals surface area contributed by atoms with E-state index in [1.165, 1.54) is 12.1 Å². The number of carbonyl (C=O) groups excluding carboxylic acids is 1. The van der Waals surface area contributed by atoms with Crippen LogP contribution in [0.25, 0.3) is 0 Å². The van der Waals surface area contributed by atoms with Crippen molar-refractivity contribution >= 4 is 11.6 Å². The number of amides is 1. The summed E-state index contributed by atoms with van der Waals surface area (Å²) in [5.74, 6) is -1.00. The van der Waals surface area contributed by atoms with Crippen LogP contribution in [-0.2, 0) is 4.79 Å². The highest BCUT2D eigenvalue weighted by atomic mass is 19.1. The summed E-state index contributed by atoms with van der Waals surface area (Å²) in [4.78, 5) is 10.9. The molecule has 88 valence electrons. The molecule has 0 atom stereocenters. The first-order chi connectivity index (χ1) is 7.67. The number of halogens is 2. The van der Waals surface area contributed by atoms with Crippen molar-refractivity contribution in [1.82, 2.24) is 0 Å². The third-order valence-corrected chi connectivity index (χ3v) is 1.80. The average Bonchev–Trinajstić information content (AvgIpc) is 2.28. The van der Waals surface area contributed by atoms with Crippen LogP contribution in [0, 0.1) is 5.82 Å². The second-order valence-electron chi connectivity index (χ2n) is 3.17. The molecule has 5 heteroatoms. The summed E-state index contributed by atoms with van der Waals surface area (Å²) < 4.78 is 30.2. The summed E-state index contributed by atoms with van der Waals surface area (Å²) in [7, 11) is 0. The van der Waals surface area contributed by atoms with Gasteiger partial charge in [0, 0.05) is 6.07 Å². The maximum atomic E-state index is 12.9. The molecule has 0 spiro atoms. The normalized spacial score (nSPS) is 9.94. The van der Waals surface area contributed by atoms with E-state index in [2.05, 4.69) is 5.32 Å². The zero-order valence-electron chi connectivity index (χ0n) is 8.93. The zero-order chi connectivity index (χ0) is 12.0. The van der Waals surface area contributed by atoms with E-state index in [1.807, 2.05) is 6.92 Å². The van der Waals surface area contributed by atoms with Crippen molar-refractivity contribution in [2.45, 2.75) is 13.3 Å². The summed E-state index contributed by atoms with van der Waals surface area (Å²) in [5.41, 5.74) is 0.149. The largest absolute Gasteiger partial charge is 0.491 e. The van der Waals surface area contributed by atoms with Gasteiger partial charge in [0.25, 0.3) is 5.91 Å². The Labute approximate surface area is 92.4 Å². The van der Waals surface area contributed by atoms with Crippen molar-refractivity contribution in [3.63, 3.8) is 0 Å².